The first-order valence-corrected chi connectivity index (χ1v) is 6.45. The molecule has 1 aliphatic carbocycles. The van der Waals surface area contributed by atoms with Crippen LogP contribution in [-0.2, 0) is 9.59 Å². The highest BCUT2D eigenvalue weighted by atomic mass is 16.5. The first-order valence-electron chi connectivity index (χ1n) is 6.45. The summed E-state index contributed by atoms with van der Waals surface area (Å²) in [5.41, 5.74) is 1.85. The predicted molar refractivity (Wildman–Crippen MR) is 79.6 cm³/mol. The number of ketones is 2. The number of allylic oxidation sites excluding steroid dienone is 3. The van der Waals surface area contributed by atoms with Crippen LogP contribution in [0.2, 0.25) is 0 Å². The predicted octanol–water partition coefficient (Wildman–Crippen LogP) is 2.49. The molecule has 110 valence electrons. The minimum Gasteiger partial charge on any atom is -0.493 e. The first kappa shape index (κ1) is 14.8. The Hall–Kier alpha value is -2.56. The van der Waals surface area contributed by atoms with Crippen LogP contribution in [0.5, 0.6) is 11.5 Å². The van der Waals surface area contributed by atoms with Gasteiger partial charge in [-0.25, -0.2) is 0 Å². The Morgan fingerprint density at radius 3 is 2.24 bits per heavy atom. The number of hydrogen-bond donors (Lipinski definition) is 1. The Labute approximate surface area is 123 Å². The molecule has 0 radical (unpaired) electrons. The third-order valence-corrected chi connectivity index (χ3v) is 3.46. The molecule has 0 saturated carbocycles. The van der Waals surface area contributed by atoms with Crippen molar-refractivity contribution in [2.45, 2.75) is 13.8 Å². The van der Waals surface area contributed by atoms with E-state index in [1.807, 2.05) is 0 Å². The van der Waals surface area contributed by atoms with Gasteiger partial charge in [0.05, 0.1) is 19.9 Å². The lowest BCUT2D eigenvalue weighted by Crippen LogP contribution is -2.21. The minimum atomic E-state index is -0.179. The molecule has 1 aliphatic rings. The minimum absolute atomic E-state index is 0.157. The number of rotatable bonds is 4. The van der Waals surface area contributed by atoms with Gasteiger partial charge in [-0.3, -0.25) is 9.59 Å². The van der Waals surface area contributed by atoms with Gasteiger partial charge in [0.2, 0.25) is 5.78 Å². The molecule has 0 aliphatic heterocycles. The van der Waals surface area contributed by atoms with Crippen molar-refractivity contribution in [1.82, 2.24) is 0 Å². The van der Waals surface area contributed by atoms with Gasteiger partial charge in [0.15, 0.2) is 17.3 Å². The summed E-state index contributed by atoms with van der Waals surface area (Å²) >= 11 is 0. The molecule has 0 heterocycles. The molecule has 0 fully saturated rings. The molecule has 1 aromatic rings. The number of ether oxygens (including phenoxy) is 2. The van der Waals surface area contributed by atoms with Gasteiger partial charge in [-0.05, 0) is 26.0 Å². The summed E-state index contributed by atoms with van der Waals surface area (Å²) in [5, 5.41) is 2.96. The topological polar surface area (TPSA) is 64.6 Å². The van der Waals surface area contributed by atoms with Gasteiger partial charge in [-0.1, -0.05) is 0 Å². The molecular formula is C16H17NO4. The Kier molecular flexibility index (Phi) is 4.12. The molecule has 0 saturated heterocycles. The fourth-order valence-corrected chi connectivity index (χ4v) is 2.02. The summed E-state index contributed by atoms with van der Waals surface area (Å²) < 4.78 is 10.4. The van der Waals surface area contributed by atoms with Crippen LogP contribution in [-0.4, -0.2) is 25.8 Å². The van der Waals surface area contributed by atoms with Crippen LogP contribution >= 0.6 is 0 Å². The summed E-state index contributed by atoms with van der Waals surface area (Å²) in [7, 11) is 3.08. The number of anilines is 1. The maximum Gasteiger partial charge on any atom is 0.205 e. The lowest BCUT2D eigenvalue weighted by molar-refractivity contribution is -0.115. The molecule has 5 heteroatoms. The molecule has 5 nitrogen and oxygen atoms in total. The van der Waals surface area contributed by atoms with Crippen LogP contribution in [0.3, 0.4) is 0 Å². The van der Waals surface area contributed by atoms with Gasteiger partial charge in [-0.15, -0.1) is 0 Å². The number of methoxy groups -OCH3 is 2. The summed E-state index contributed by atoms with van der Waals surface area (Å²) in [5.74, 6) is 0.799. The Morgan fingerprint density at radius 2 is 1.62 bits per heavy atom. The van der Waals surface area contributed by atoms with Crippen LogP contribution in [0.25, 0.3) is 0 Å². The zero-order chi connectivity index (χ0) is 15.6. The highest BCUT2D eigenvalue weighted by molar-refractivity contribution is 6.23. The monoisotopic (exact) mass is 287 g/mol. The molecule has 0 unspecified atom stereocenters. The Bertz CT molecular complexity index is 671. The number of carbonyl (C=O) groups is 2. The van der Waals surface area contributed by atoms with Crippen molar-refractivity contribution in [1.29, 1.82) is 0 Å². The van der Waals surface area contributed by atoms with E-state index in [9.17, 15) is 9.59 Å². The SMILES string of the molecule is COc1ccc(NC2=CC(=O)C(C)=C(C)C2=O)cc1OC. The third kappa shape index (κ3) is 2.81. The van der Waals surface area contributed by atoms with E-state index in [0.29, 0.717) is 28.3 Å². The molecule has 1 N–H and O–H groups in total. The standard InChI is InChI=1S/C16H17NO4/c1-9-10(2)16(19)12(8-13(9)18)17-11-5-6-14(20-3)15(7-11)21-4/h5-8,17H,1-4H3. The highest BCUT2D eigenvalue weighted by Gasteiger charge is 2.23. The Balaban J connectivity index is 2.29. The molecule has 0 spiro atoms. The third-order valence-electron chi connectivity index (χ3n) is 3.46. The van der Waals surface area contributed by atoms with E-state index in [1.54, 1.807) is 39.2 Å². The lowest BCUT2D eigenvalue weighted by atomic mass is 9.95. The average molecular weight is 287 g/mol. The van der Waals surface area contributed by atoms with E-state index in [0.717, 1.165) is 0 Å². The van der Waals surface area contributed by atoms with Gasteiger partial charge in [0.25, 0.3) is 0 Å². The first-order chi connectivity index (χ1) is 9.97. The number of carbonyl (C=O) groups excluding carboxylic acids is 2. The number of benzene rings is 1. The van der Waals surface area contributed by atoms with Crippen molar-refractivity contribution >= 4 is 17.3 Å². The Morgan fingerprint density at radius 1 is 0.952 bits per heavy atom. The largest absolute Gasteiger partial charge is 0.493 e. The molecule has 0 atom stereocenters. The van der Waals surface area contributed by atoms with Crippen molar-refractivity contribution in [3.8, 4) is 11.5 Å². The molecule has 1 aromatic carbocycles. The zero-order valence-electron chi connectivity index (χ0n) is 12.4. The van der Waals surface area contributed by atoms with E-state index in [2.05, 4.69) is 5.32 Å². The fourth-order valence-electron chi connectivity index (χ4n) is 2.02. The van der Waals surface area contributed by atoms with Crippen LogP contribution < -0.4 is 14.8 Å². The lowest BCUT2D eigenvalue weighted by Gasteiger charge is -2.17. The maximum absolute atomic E-state index is 12.2. The van der Waals surface area contributed by atoms with Crippen molar-refractivity contribution in [2.24, 2.45) is 0 Å². The van der Waals surface area contributed by atoms with Gasteiger partial charge in [0, 0.05) is 29.0 Å². The van der Waals surface area contributed by atoms with E-state index in [1.165, 1.54) is 13.2 Å². The molecule has 2 rings (SSSR count). The quantitative estimate of drug-likeness (QED) is 0.862. The summed E-state index contributed by atoms with van der Waals surface area (Å²) in [6.07, 6.45) is 1.32. The van der Waals surface area contributed by atoms with Gasteiger partial charge in [-0.2, -0.15) is 0 Å². The van der Waals surface area contributed by atoms with E-state index >= 15 is 0 Å². The molecule has 0 bridgehead atoms. The van der Waals surface area contributed by atoms with Crippen LogP contribution in [0.4, 0.5) is 5.69 Å². The van der Waals surface area contributed by atoms with Crippen LogP contribution in [0, 0.1) is 0 Å². The highest BCUT2D eigenvalue weighted by Crippen LogP contribution is 2.31. The van der Waals surface area contributed by atoms with E-state index in [4.69, 9.17) is 9.47 Å². The second-order valence-electron chi connectivity index (χ2n) is 4.70. The van der Waals surface area contributed by atoms with E-state index in [-0.39, 0.29) is 17.3 Å². The van der Waals surface area contributed by atoms with Gasteiger partial charge < -0.3 is 14.8 Å². The number of Topliss-reactive ketones (excluding diaryl/α,β-unsaturated/α-hetero) is 1. The maximum atomic E-state index is 12.2. The number of hydrogen-bond acceptors (Lipinski definition) is 5. The summed E-state index contributed by atoms with van der Waals surface area (Å²) in [6, 6.07) is 5.18. The van der Waals surface area contributed by atoms with Crippen molar-refractivity contribution < 1.29 is 19.1 Å². The van der Waals surface area contributed by atoms with Crippen molar-refractivity contribution in [3.63, 3.8) is 0 Å². The second-order valence-corrected chi connectivity index (χ2v) is 4.70. The van der Waals surface area contributed by atoms with Crippen LogP contribution in [0.1, 0.15) is 13.8 Å². The zero-order valence-corrected chi connectivity index (χ0v) is 12.4. The summed E-state index contributed by atoms with van der Waals surface area (Å²) in [4.78, 5) is 24.0. The van der Waals surface area contributed by atoms with Crippen molar-refractivity contribution in [2.75, 3.05) is 19.5 Å². The van der Waals surface area contributed by atoms with Crippen LogP contribution in [0.15, 0.2) is 41.1 Å². The molecule has 0 amide bonds. The normalized spacial score (nSPS) is 15.0. The molecule has 0 aromatic heterocycles. The van der Waals surface area contributed by atoms with Gasteiger partial charge >= 0.3 is 0 Å². The molecular weight excluding hydrogens is 270 g/mol. The number of nitrogens with one attached hydrogen (secondary N) is 1. The smallest absolute Gasteiger partial charge is 0.205 e. The second kappa shape index (κ2) is 5.83. The van der Waals surface area contributed by atoms with Gasteiger partial charge in [0.1, 0.15) is 0 Å². The summed E-state index contributed by atoms with van der Waals surface area (Å²) in [6.45, 7) is 3.30. The fraction of sp³-hybridized carbons (Fsp3) is 0.250. The molecule has 21 heavy (non-hydrogen) atoms. The van der Waals surface area contributed by atoms with E-state index < -0.39 is 0 Å². The van der Waals surface area contributed by atoms with Crippen molar-refractivity contribution in [3.05, 3.63) is 41.1 Å². The average Bonchev–Trinajstić information content (AvgIpc) is 2.50.